The Hall–Kier alpha value is -2.37. The van der Waals surface area contributed by atoms with Crippen molar-refractivity contribution in [2.45, 2.75) is 46.6 Å². The smallest absolute Gasteiger partial charge is 0.326 e. The molecular weight excluding hydrogens is 294 g/mol. The summed E-state index contributed by atoms with van der Waals surface area (Å²) < 4.78 is 1.73. The van der Waals surface area contributed by atoms with E-state index in [1.807, 2.05) is 46.0 Å². The van der Waals surface area contributed by atoms with Gasteiger partial charge in [0.25, 0.3) is 5.91 Å². The fourth-order valence-corrected chi connectivity index (χ4v) is 2.61. The van der Waals surface area contributed by atoms with E-state index in [4.69, 9.17) is 0 Å². The number of carboxylic acids is 1. The van der Waals surface area contributed by atoms with Gasteiger partial charge in [-0.15, -0.1) is 0 Å². The number of rotatable bonds is 6. The summed E-state index contributed by atoms with van der Waals surface area (Å²) in [6.45, 7) is 7.72. The molecule has 0 saturated heterocycles. The van der Waals surface area contributed by atoms with Crippen molar-refractivity contribution < 1.29 is 14.7 Å². The molecule has 1 amide bonds. The molecule has 0 saturated carbocycles. The highest BCUT2D eigenvalue weighted by molar-refractivity contribution is 5.97. The van der Waals surface area contributed by atoms with E-state index in [1.165, 1.54) is 0 Å². The standard InChI is InChI=1S/C17H23N3O3/c1-5-12-15(20-9-11(4)6-7-14(20)18-12)16(21)19-13(17(22)23)8-10(2)3/h6-7,9-10,13H,5,8H2,1-4H3,(H,19,21)(H,22,23). The summed E-state index contributed by atoms with van der Waals surface area (Å²) >= 11 is 0. The van der Waals surface area contributed by atoms with Crippen LogP contribution in [0.5, 0.6) is 0 Å². The van der Waals surface area contributed by atoms with Gasteiger partial charge in [-0.1, -0.05) is 26.8 Å². The highest BCUT2D eigenvalue weighted by atomic mass is 16.4. The molecule has 0 fully saturated rings. The maximum absolute atomic E-state index is 12.7. The Morgan fingerprint density at radius 3 is 2.61 bits per heavy atom. The first kappa shape index (κ1) is 17.0. The summed E-state index contributed by atoms with van der Waals surface area (Å²) in [4.78, 5) is 28.5. The quantitative estimate of drug-likeness (QED) is 0.857. The van der Waals surface area contributed by atoms with Gasteiger partial charge in [-0.2, -0.15) is 0 Å². The van der Waals surface area contributed by atoms with E-state index in [0.717, 1.165) is 5.56 Å². The van der Waals surface area contributed by atoms with Crippen LogP contribution in [0, 0.1) is 12.8 Å². The lowest BCUT2D eigenvalue weighted by Crippen LogP contribution is -2.42. The second-order valence-corrected chi connectivity index (χ2v) is 6.19. The van der Waals surface area contributed by atoms with Gasteiger partial charge < -0.3 is 10.4 Å². The lowest BCUT2D eigenvalue weighted by atomic mass is 10.0. The predicted octanol–water partition coefficient (Wildman–Crippen LogP) is 2.43. The lowest BCUT2D eigenvalue weighted by molar-refractivity contribution is -0.139. The van der Waals surface area contributed by atoms with Crippen molar-refractivity contribution in [2.75, 3.05) is 0 Å². The number of nitrogens with one attached hydrogen (secondary N) is 1. The molecular formula is C17H23N3O3. The molecule has 2 heterocycles. The molecule has 2 aromatic rings. The van der Waals surface area contributed by atoms with Gasteiger partial charge in [0.1, 0.15) is 17.4 Å². The zero-order valence-corrected chi connectivity index (χ0v) is 14.0. The number of amides is 1. The number of carboxylic acid groups (broad SMARTS) is 1. The maximum Gasteiger partial charge on any atom is 0.326 e. The topological polar surface area (TPSA) is 83.7 Å². The molecule has 2 rings (SSSR count). The average molecular weight is 317 g/mol. The molecule has 0 bridgehead atoms. The zero-order chi connectivity index (χ0) is 17.1. The van der Waals surface area contributed by atoms with E-state index < -0.39 is 17.9 Å². The summed E-state index contributed by atoms with van der Waals surface area (Å²) in [7, 11) is 0. The fourth-order valence-electron chi connectivity index (χ4n) is 2.61. The van der Waals surface area contributed by atoms with E-state index in [0.29, 0.717) is 29.9 Å². The number of aromatic nitrogens is 2. The first-order valence-electron chi connectivity index (χ1n) is 7.84. The molecule has 0 aliphatic heterocycles. The molecule has 0 aliphatic carbocycles. The minimum Gasteiger partial charge on any atom is -0.480 e. The Kier molecular flexibility index (Phi) is 5.03. The Labute approximate surface area is 135 Å². The van der Waals surface area contributed by atoms with Crippen molar-refractivity contribution in [1.82, 2.24) is 14.7 Å². The summed E-state index contributed by atoms with van der Waals surface area (Å²) in [6, 6.07) is 2.89. The molecule has 0 aliphatic rings. The molecule has 6 heteroatoms. The number of fused-ring (bicyclic) bond motifs is 1. The number of hydrogen-bond donors (Lipinski definition) is 2. The molecule has 23 heavy (non-hydrogen) atoms. The van der Waals surface area contributed by atoms with Crippen molar-refractivity contribution in [3.63, 3.8) is 0 Å². The lowest BCUT2D eigenvalue weighted by Gasteiger charge is -2.16. The number of carbonyl (C=O) groups is 2. The zero-order valence-electron chi connectivity index (χ0n) is 14.0. The summed E-state index contributed by atoms with van der Waals surface area (Å²) in [6.07, 6.45) is 2.83. The van der Waals surface area contributed by atoms with E-state index >= 15 is 0 Å². The van der Waals surface area contributed by atoms with E-state index in [1.54, 1.807) is 4.40 Å². The Morgan fingerprint density at radius 1 is 1.35 bits per heavy atom. The fraction of sp³-hybridized carbons (Fsp3) is 0.471. The molecule has 0 radical (unpaired) electrons. The van der Waals surface area contributed by atoms with E-state index in [-0.39, 0.29) is 5.92 Å². The molecule has 2 aromatic heterocycles. The number of pyridine rings is 1. The van der Waals surface area contributed by atoms with Crippen LogP contribution in [0.2, 0.25) is 0 Å². The van der Waals surface area contributed by atoms with Crippen molar-refractivity contribution in [3.05, 3.63) is 35.3 Å². The Bertz CT molecular complexity index is 734. The predicted molar refractivity (Wildman–Crippen MR) is 87.7 cm³/mol. The first-order valence-corrected chi connectivity index (χ1v) is 7.84. The average Bonchev–Trinajstić information content (AvgIpc) is 2.83. The van der Waals surface area contributed by atoms with Gasteiger partial charge in [0.2, 0.25) is 0 Å². The van der Waals surface area contributed by atoms with Crippen molar-refractivity contribution >= 4 is 17.5 Å². The first-order chi connectivity index (χ1) is 10.8. The minimum absolute atomic E-state index is 0.173. The van der Waals surface area contributed by atoms with Gasteiger partial charge >= 0.3 is 5.97 Å². The van der Waals surface area contributed by atoms with Crippen LogP contribution in [0.25, 0.3) is 5.65 Å². The molecule has 124 valence electrons. The van der Waals surface area contributed by atoms with Crippen LogP contribution in [-0.4, -0.2) is 32.4 Å². The highest BCUT2D eigenvalue weighted by Gasteiger charge is 2.25. The monoisotopic (exact) mass is 317 g/mol. The van der Waals surface area contributed by atoms with Gasteiger partial charge in [-0.05, 0) is 37.3 Å². The Balaban J connectivity index is 2.39. The van der Waals surface area contributed by atoms with Crippen LogP contribution in [0.3, 0.4) is 0 Å². The minimum atomic E-state index is -1.02. The maximum atomic E-state index is 12.7. The van der Waals surface area contributed by atoms with Gasteiger partial charge in [0.15, 0.2) is 0 Å². The van der Waals surface area contributed by atoms with Crippen LogP contribution in [0.15, 0.2) is 18.3 Å². The molecule has 0 aromatic carbocycles. The Morgan fingerprint density at radius 2 is 2.04 bits per heavy atom. The van der Waals surface area contributed by atoms with Crippen LogP contribution >= 0.6 is 0 Å². The second-order valence-electron chi connectivity index (χ2n) is 6.19. The normalized spacial score (nSPS) is 12.6. The van der Waals surface area contributed by atoms with Crippen LogP contribution in [0.1, 0.15) is 48.9 Å². The van der Waals surface area contributed by atoms with E-state index in [2.05, 4.69) is 10.3 Å². The number of nitrogens with zero attached hydrogens (tertiary/aromatic N) is 2. The second kappa shape index (κ2) is 6.81. The van der Waals surface area contributed by atoms with Gasteiger partial charge in [0, 0.05) is 6.20 Å². The molecule has 1 unspecified atom stereocenters. The largest absolute Gasteiger partial charge is 0.480 e. The van der Waals surface area contributed by atoms with Crippen molar-refractivity contribution in [3.8, 4) is 0 Å². The molecule has 2 N–H and O–H groups in total. The number of imidazole rings is 1. The number of aryl methyl sites for hydroxylation is 2. The van der Waals surface area contributed by atoms with Gasteiger partial charge in [0.05, 0.1) is 5.69 Å². The molecule has 1 atom stereocenters. The number of aliphatic carboxylic acids is 1. The third-order valence-corrected chi connectivity index (χ3v) is 3.70. The number of hydrogen-bond acceptors (Lipinski definition) is 3. The summed E-state index contributed by atoms with van der Waals surface area (Å²) in [5, 5.41) is 12.0. The molecule has 6 nitrogen and oxygen atoms in total. The van der Waals surface area contributed by atoms with Crippen LogP contribution < -0.4 is 5.32 Å². The van der Waals surface area contributed by atoms with Gasteiger partial charge in [-0.3, -0.25) is 9.20 Å². The number of carbonyl (C=O) groups excluding carboxylic acids is 1. The van der Waals surface area contributed by atoms with Crippen molar-refractivity contribution in [1.29, 1.82) is 0 Å². The third kappa shape index (κ3) is 3.70. The molecule has 0 spiro atoms. The summed E-state index contributed by atoms with van der Waals surface area (Å²) in [5.41, 5.74) is 2.78. The van der Waals surface area contributed by atoms with Crippen molar-refractivity contribution in [2.24, 2.45) is 5.92 Å². The SMILES string of the molecule is CCc1nc2ccc(C)cn2c1C(=O)NC(CC(C)C)C(=O)O. The highest BCUT2D eigenvalue weighted by Crippen LogP contribution is 2.16. The van der Waals surface area contributed by atoms with Crippen LogP contribution in [-0.2, 0) is 11.2 Å². The third-order valence-electron chi connectivity index (χ3n) is 3.70. The summed E-state index contributed by atoms with van der Waals surface area (Å²) in [5.74, 6) is -1.24. The van der Waals surface area contributed by atoms with E-state index in [9.17, 15) is 14.7 Å². The van der Waals surface area contributed by atoms with Gasteiger partial charge in [-0.25, -0.2) is 9.78 Å². The van der Waals surface area contributed by atoms with Crippen LogP contribution in [0.4, 0.5) is 0 Å².